The van der Waals surface area contributed by atoms with Crippen LogP contribution in [-0.4, -0.2) is 29.1 Å². The number of ketones is 1. The molecule has 29 heavy (non-hydrogen) atoms. The molecule has 1 N–H and O–H groups in total. The lowest BCUT2D eigenvalue weighted by Gasteiger charge is -2.35. The van der Waals surface area contributed by atoms with Gasteiger partial charge in [0.1, 0.15) is 5.82 Å². The van der Waals surface area contributed by atoms with Crippen molar-refractivity contribution >= 4 is 11.6 Å². The molecule has 152 valence electrons. The van der Waals surface area contributed by atoms with Crippen LogP contribution in [0.3, 0.4) is 0 Å². The summed E-state index contributed by atoms with van der Waals surface area (Å²) in [6, 6.07) is 5.40. The van der Waals surface area contributed by atoms with Crippen LogP contribution in [0, 0.1) is 0 Å². The van der Waals surface area contributed by atoms with Gasteiger partial charge in [-0.05, 0) is 18.9 Å². The Kier molecular flexibility index (Phi) is 4.56. The van der Waals surface area contributed by atoms with Gasteiger partial charge in [-0.2, -0.15) is 0 Å². The Balaban J connectivity index is 2.12. The highest BCUT2D eigenvalue weighted by atomic mass is 16.5. The number of Topliss-reactive ketones (excluding diaryl/α,β-unsaturated/α-hetero) is 1. The summed E-state index contributed by atoms with van der Waals surface area (Å²) in [6.45, 7) is 0. The van der Waals surface area contributed by atoms with Crippen molar-refractivity contribution in [2.75, 3.05) is 19.5 Å². The third-order valence-corrected chi connectivity index (χ3v) is 5.75. The molecular weight excluding hydrogens is 374 g/mol. The Morgan fingerprint density at radius 3 is 2.48 bits per heavy atom. The number of nitrogens with one attached hydrogen (secondary N) is 1. The minimum Gasteiger partial charge on any atom is -0.493 e. The Hall–Kier alpha value is -3.29. The molecule has 0 fully saturated rings. The van der Waals surface area contributed by atoms with E-state index in [1.807, 2.05) is 6.07 Å². The lowest BCUT2D eigenvalue weighted by Crippen LogP contribution is -2.44. The van der Waals surface area contributed by atoms with E-state index >= 15 is 0 Å². The van der Waals surface area contributed by atoms with Gasteiger partial charge in [-0.1, -0.05) is 12.1 Å². The van der Waals surface area contributed by atoms with Gasteiger partial charge in [0.15, 0.2) is 17.3 Å². The van der Waals surface area contributed by atoms with Crippen LogP contribution < -0.4 is 26.0 Å². The minimum atomic E-state index is -0.649. The summed E-state index contributed by atoms with van der Waals surface area (Å²) < 4.78 is 13.5. The van der Waals surface area contributed by atoms with Gasteiger partial charge in [-0.15, -0.1) is 0 Å². The highest BCUT2D eigenvalue weighted by Crippen LogP contribution is 2.47. The van der Waals surface area contributed by atoms with Gasteiger partial charge < -0.3 is 14.8 Å². The van der Waals surface area contributed by atoms with Gasteiger partial charge in [0.2, 0.25) is 0 Å². The first-order valence-electron chi connectivity index (χ1n) is 9.44. The first-order chi connectivity index (χ1) is 13.9. The quantitative estimate of drug-likeness (QED) is 0.847. The molecule has 8 heteroatoms. The molecule has 0 amide bonds. The molecule has 0 saturated carbocycles. The lowest BCUT2D eigenvalue weighted by atomic mass is 9.76. The van der Waals surface area contributed by atoms with Crippen molar-refractivity contribution < 1.29 is 14.3 Å². The molecule has 0 spiro atoms. The zero-order valence-corrected chi connectivity index (χ0v) is 16.9. The third kappa shape index (κ3) is 2.70. The summed E-state index contributed by atoms with van der Waals surface area (Å²) in [4.78, 5) is 38.7. The Morgan fingerprint density at radius 2 is 1.79 bits per heavy atom. The van der Waals surface area contributed by atoms with Crippen LogP contribution in [0.1, 0.15) is 36.3 Å². The molecule has 2 heterocycles. The number of carbonyl (C=O) groups excluding carboxylic acids is 1. The maximum absolute atomic E-state index is 13.2. The number of methoxy groups -OCH3 is 2. The van der Waals surface area contributed by atoms with Crippen molar-refractivity contribution in [1.82, 2.24) is 9.13 Å². The number of rotatable bonds is 3. The van der Waals surface area contributed by atoms with Gasteiger partial charge in [0.25, 0.3) is 5.56 Å². The number of aromatic nitrogens is 2. The smallest absolute Gasteiger partial charge is 0.332 e. The number of allylic oxidation sites excluding steroid dienone is 2. The maximum Gasteiger partial charge on any atom is 0.332 e. The van der Waals surface area contributed by atoms with E-state index in [1.165, 1.54) is 25.8 Å². The molecule has 1 aliphatic carbocycles. The van der Waals surface area contributed by atoms with E-state index in [1.54, 1.807) is 19.2 Å². The van der Waals surface area contributed by atoms with Crippen molar-refractivity contribution in [1.29, 1.82) is 0 Å². The van der Waals surface area contributed by atoms with Crippen LogP contribution in [0.4, 0.5) is 5.82 Å². The van der Waals surface area contributed by atoms with Crippen LogP contribution in [0.5, 0.6) is 11.5 Å². The van der Waals surface area contributed by atoms with Crippen LogP contribution in [0.15, 0.2) is 39.1 Å². The molecule has 2 aliphatic rings. The van der Waals surface area contributed by atoms with Gasteiger partial charge in [0, 0.05) is 37.3 Å². The van der Waals surface area contributed by atoms with Crippen LogP contribution in [-0.2, 0) is 18.9 Å². The van der Waals surface area contributed by atoms with Crippen molar-refractivity contribution in [2.24, 2.45) is 14.1 Å². The number of benzene rings is 1. The zero-order chi connectivity index (χ0) is 20.9. The van der Waals surface area contributed by atoms with Crippen molar-refractivity contribution in [2.45, 2.75) is 25.2 Å². The number of nitrogens with zero attached hydrogens (tertiary/aromatic N) is 2. The summed E-state index contributed by atoms with van der Waals surface area (Å²) in [5.41, 5.74) is 1.47. The van der Waals surface area contributed by atoms with E-state index in [-0.39, 0.29) is 5.78 Å². The van der Waals surface area contributed by atoms with Crippen molar-refractivity contribution in [3.63, 3.8) is 0 Å². The standard InChI is InChI=1S/C21H23N3O5/c1-23-19-17(20(26)24(2)21(23)27)15(16-12(22-19)8-6-9-13(16)25)11-7-5-10-14(28-3)18(11)29-4/h5,7,10,15,22H,6,8-9H2,1-4H3. The highest BCUT2D eigenvalue weighted by Gasteiger charge is 2.40. The summed E-state index contributed by atoms with van der Waals surface area (Å²) in [5, 5.41) is 3.21. The normalized spacial score (nSPS) is 18.1. The van der Waals surface area contributed by atoms with E-state index in [4.69, 9.17) is 9.47 Å². The third-order valence-electron chi connectivity index (χ3n) is 5.75. The number of hydrogen-bond donors (Lipinski definition) is 1. The zero-order valence-electron chi connectivity index (χ0n) is 16.9. The molecule has 1 aromatic heterocycles. The summed E-state index contributed by atoms with van der Waals surface area (Å²) in [5.74, 6) is 0.743. The molecule has 8 nitrogen and oxygen atoms in total. The van der Waals surface area contributed by atoms with E-state index < -0.39 is 17.2 Å². The van der Waals surface area contributed by atoms with Crippen LogP contribution >= 0.6 is 0 Å². The predicted molar refractivity (Wildman–Crippen MR) is 108 cm³/mol. The second-order valence-electron chi connectivity index (χ2n) is 7.28. The monoisotopic (exact) mass is 397 g/mol. The van der Waals surface area contributed by atoms with E-state index in [0.717, 1.165) is 16.7 Å². The molecule has 2 aromatic rings. The molecule has 1 aliphatic heterocycles. The molecule has 4 rings (SSSR count). The number of fused-ring (bicyclic) bond motifs is 1. The van der Waals surface area contributed by atoms with Gasteiger partial charge in [-0.3, -0.25) is 18.7 Å². The molecular formula is C21H23N3O5. The number of anilines is 1. The van der Waals surface area contributed by atoms with Gasteiger partial charge in [-0.25, -0.2) is 4.79 Å². The highest BCUT2D eigenvalue weighted by molar-refractivity contribution is 6.01. The van der Waals surface area contributed by atoms with Crippen molar-refractivity contribution in [3.8, 4) is 11.5 Å². The van der Waals surface area contributed by atoms with E-state index in [2.05, 4.69) is 5.32 Å². The molecule has 0 radical (unpaired) electrons. The molecule has 0 saturated heterocycles. The van der Waals surface area contributed by atoms with Gasteiger partial charge in [0.05, 0.1) is 25.7 Å². The average molecular weight is 397 g/mol. The van der Waals surface area contributed by atoms with E-state index in [9.17, 15) is 14.4 Å². The Labute approximate surface area is 167 Å². The molecule has 1 atom stereocenters. The van der Waals surface area contributed by atoms with E-state index in [0.29, 0.717) is 46.9 Å². The number of ether oxygens (including phenoxy) is 2. The first kappa shape index (κ1) is 19.0. The second-order valence-corrected chi connectivity index (χ2v) is 7.28. The topological polar surface area (TPSA) is 91.6 Å². The summed E-state index contributed by atoms with van der Waals surface area (Å²) in [6.07, 6.45) is 1.82. The molecule has 1 unspecified atom stereocenters. The number of hydrogen-bond acceptors (Lipinski definition) is 6. The summed E-state index contributed by atoms with van der Waals surface area (Å²) >= 11 is 0. The summed E-state index contributed by atoms with van der Waals surface area (Å²) in [7, 11) is 6.12. The number of carbonyl (C=O) groups is 1. The average Bonchev–Trinajstić information content (AvgIpc) is 2.74. The minimum absolute atomic E-state index is 0.00446. The van der Waals surface area contributed by atoms with Crippen molar-refractivity contribution in [3.05, 3.63) is 61.4 Å². The molecule has 1 aromatic carbocycles. The number of para-hydroxylation sites is 1. The Morgan fingerprint density at radius 1 is 1.03 bits per heavy atom. The maximum atomic E-state index is 13.2. The fourth-order valence-electron chi connectivity index (χ4n) is 4.35. The Bertz CT molecular complexity index is 1170. The fraction of sp³-hybridized carbons (Fsp3) is 0.381. The first-order valence-corrected chi connectivity index (χ1v) is 9.44. The fourth-order valence-corrected chi connectivity index (χ4v) is 4.35. The second kappa shape index (κ2) is 6.95. The largest absolute Gasteiger partial charge is 0.493 e. The van der Waals surface area contributed by atoms with Crippen LogP contribution in [0.2, 0.25) is 0 Å². The predicted octanol–water partition coefficient (Wildman–Crippen LogP) is 1.67. The van der Waals surface area contributed by atoms with Gasteiger partial charge >= 0.3 is 5.69 Å². The molecule has 0 bridgehead atoms. The lowest BCUT2D eigenvalue weighted by molar-refractivity contribution is -0.116. The SMILES string of the molecule is COc1cccc(C2C3=C(CCCC3=O)Nc3c2c(=O)n(C)c(=O)n3C)c1OC. The van der Waals surface area contributed by atoms with Crippen LogP contribution in [0.25, 0.3) is 0 Å².